The monoisotopic (exact) mass is 386 g/mol. The first-order valence-electron chi connectivity index (χ1n) is 9.23. The Kier molecular flexibility index (Phi) is 6.36. The SMILES string of the molecule is O=C(O)CCNC(=O)c1ccc(NC(=O)CCCc2nc(C3CC3)no2)cc1. The van der Waals surface area contributed by atoms with Gasteiger partial charge in [-0.15, -0.1) is 0 Å². The van der Waals surface area contributed by atoms with Crippen molar-refractivity contribution in [2.45, 2.75) is 44.4 Å². The molecule has 2 aromatic rings. The zero-order valence-electron chi connectivity index (χ0n) is 15.3. The quantitative estimate of drug-likeness (QED) is 0.569. The Morgan fingerprint density at radius 1 is 1.14 bits per heavy atom. The lowest BCUT2D eigenvalue weighted by Crippen LogP contribution is -2.25. The number of hydrogen-bond acceptors (Lipinski definition) is 6. The molecular weight excluding hydrogens is 364 g/mol. The third-order valence-electron chi connectivity index (χ3n) is 4.28. The highest BCUT2D eigenvalue weighted by molar-refractivity contribution is 5.95. The zero-order chi connectivity index (χ0) is 19.9. The van der Waals surface area contributed by atoms with E-state index in [1.807, 2.05) is 0 Å². The Balaban J connectivity index is 1.38. The summed E-state index contributed by atoms with van der Waals surface area (Å²) in [4.78, 5) is 38.7. The van der Waals surface area contributed by atoms with Crippen LogP contribution in [-0.4, -0.2) is 39.6 Å². The summed E-state index contributed by atoms with van der Waals surface area (Å²) in [6.07, 6.45) is 3.57. The Hall–Kier alpha value is -3.23. The molecule has 9 heteroatoms. The van der Waals surface area contributed by atoms with Crippen molar-refractivity contribution in [1.82, 2.24) is 15.5 Å². The van der Waals surface area contributed by atoms with Crippen molar-refractivity contribution in [2.75, 3.05) is 11.9 Å². The van der Waals surface area contributed by atoms with Crippen LogP contribution in [0.25, 0.3) is 0 Å². The summed E-state index contributed by atoms with van der Waals surface area (Å²) in [5, 5.41) is 17.8. The normalized spacial score (nSPS) is 13.1. The molecule has 1 aliphatic carbocycles. The van der Waals surface area contributed by atoms with Crippen molar-refractivity contribution in [3.63, 3.8) is 0 Å². The first-order chi connectivity index (χ1) is 13.5. The molecule has 0 atom stereocenters. The second-order valence-electron chi connectivity index (χ2n) is 6.70. The Morgan fingerprint density at radius 3 is 2.57 bits per heavy atom. The number of rotatable bonds is 10. The molecule has 0 bridgehead atoms. The number of carboxylic acids is 1. The van der Waals surface area contributed by atoms with Crippen LogP contribution >= 0.6 is 0 Å². The van der Waals surface area contributed by atoms with Gasteiger partial charge >= 0.3 is 5.97 Å². The van der Waals surface area contributed by atoms with E-state index in [1.165, 1.54) is 0 Å². The molecule has 3 N–H and O–H groups in total. The van der Waals surface area contributed by atoms with Gasteiger partial charge in [0.1, 0.15) is 0 Å². The summed E-state index contributed by atoms with van der Waals surface area (Å²) in [5.74, 6) is 0.313. The van der Waals surface area contributed by atoms with Crippen LogP contribution in [0, 0.1) is 0 Å². The van der Waals surface area contributed by atoms with Crippen molar-refractivity contribution in [3.05, 3.63) is 41.5 Å². The second-order valence-corrected chi connectivity index (χ2v) is 6.70. The van der Waals surface area contributed by atoms with Gasteiger partial charge in [0.25, 0.3) is 5.91 Å². The number of carbonyl (C=O) groups excluding carboxylic acids is 2. The average Bonchev–Trinajstić information content (AvgIpc) is 3.41. The van der Waals surface area contributed by atoms with Gasteiger partial charge in [0.2, 0.25) is 11.8 Å². The molecule has 1 aromatic heterocycles. The van der Waals surface area contributed by atoms with Crippen LogP contribution in [0.15, 0.2) is 28.8 Å². The molecule has 0 spiro atoms. The first kappa shape index (κ1) is 19.5. The van der Waals surface area contributed by atoms with Crippen LogP contribution in [0.1, 0.15) is 60.1 Å². The maximum absolute atomic E-state index is 12.0. The van der Waals surface area contributed by atoms with Crippen molar-refractivity contribution >= 4 is 23.5 Å². The lowest BCUT2D eigenvalue weighted by molar-refractivity contribution is -0.136. The van der Waals surface area contributed by atoms with E-state index in [9.17, 15) is 14.4 Å². The van der Waals surface area contributed by atoms with Gasteiger partial charge in [0, 0.05) is 36.6 Å². The smallest absolute Gasteiger partial charge is 0.305 e. The van der Waals surface area contributed by atoms with E-state index < -0.39 is 5.97 Å². The maximum Gasteiger partial charge on any atom is 0.305 e. The average molecular weight is 386 g/mol. The highest BCUT2D eigenvalue weighted by atomic mass is 16.5. The van der Waals surface area contributed by atoms with Gasteiger partial charge in [-0.3, -0.25) is 14.4 Å². The van der Waals surface area contributed by atoms with E-state index in [0.29, 0.717) is 42.3 Å². The molecule has 0 aliphatic heterocycles. The second kappa shape index (κ2) is 9.12. The van der Waals surface area contributed by atoms with E-state index in [4.69, 9.17) is 9.63 Å². The van der Waals surface area contributed by atoms with Crippen molar-refractivity contribution in [3.8, 4) is 0 Å². The van der Waals surface area contributed by atoms with E-state index in [-0.39, 0.29) is 24.8 Å². The number of nitrogens with one attached hydrogen (secondary N) is 2. The standard InChI is InChI=1S/C19H22N4O5/c24-15(2-1-3-16-22-18(23-28-16)12-4-5-12)21-14-8-6-13(7-9-14)19(27)20-11-10-17(25)26/h6-9,12H,1-5,10-11H2,(H,20,27)(H,21,24)(H,25,26). The highest BCUT2D eigenvalue weighted by Gasteiger charge is 2.28. The Morgan fingerprint density at radius 2 is 1.89 bits per heavy atom. The molecule has 1 aliphatic rings. The van der Waals surface area contributed by atoms with Crippen molar-refractivity contribution < 1.29 is 24.0 Å². The van der Waals surface area contributed by atoms with Crippen molar-refractivity contribution in [2.24, 2.45) is 0 Å². The molecule has 148 valence electrons. The van der Waals surface area contributed by atoms with Crippen molar-refractivity contribution in [1.29, 1.82) is 0 Å². The van der Waals surface area contributed by atoms with E-state index in [0.717, 1.165) is 18.7 Å². The Labute approximate surface area is 161 Å². The van der Waals surface area contributed by atoms with Crippen LogP contribution in [-0.2, 0) is 16.0 Å². The number of nitrogens with zero attached hydrogens (tertiary/aromatic N) is 2. The molecule has 0 radical (unpaired) electrons. The van der Waals surface area contributed by atoms with Gasteiger partial charge in [0.05, 0.1) is 6.42 Å². The van der Waals surface area contributed by atoms with E-state index in [1.54, 1.807) is 24.3 Å². The number of carbonyl (C=O) groups is 3. The fourth-order valence-electron chi connectivity index (χ4n) is 2.59. The molecule has 2 amide bonds. The molecule has 1 aromatic carbocycles. The summed E-state index contributed by atoms with van der Waals surface area (Å²) >= 11 is 0. The number of amides is 2. The minimum absolute atomic E-state index is 0.0643. The number of benzene rings is 1. The lowest BCUT2D eigenvalue weighted by atomic mass is 10.2. The lowest BCUT2D eigenvalue weighted by Gasteiger charge is -2.07. The molecule has 0 unspecified atom stereocenters. The fourth-order valence-corrected chi connectivity index (χ4v) is 2.59. The number of carboxylic acid groups (broad SMARTS) is 1. The summed E-state index contributed by atoms with van der Waals surface area (Å²) in [6, 6.07) is 6.40. The van der Waals surface area contributed by atoms with Gasteiger partial charge < -0.3 is 20.3 Å². The summed E-state index contributed by atoms with van der Waals surface area (Å²) in [7, 11) is 0. The van der Waals surface area contributed by atoms with Crippen LogP contribution in [0.2, 0.25) is 0 Å². The minimum atomic E-state index is -0.971. The molecule has 1 heterocycles. The summed E-state index contributed by atoms with van der Waals surface area (Å²) < 4.78 is 5.18. The maximum atomic E-state index is 12.0. The van der Waals surface area contributed by atoms with Crippen LogP contribution in [0.3, 0.4) is 0 Å². The molecule has 9 nitrogen and oxygen atoms in total. The Bertz CT molecular complexity index is 842. The largest absolute Gasteiger partial charge is 0.481 e. The van der Waals surface area contributed by atoms with E-state index in [2.05, 4.69) is 20.8 Å². The van der Waals surface area contributed by atoms with Gasteiger partial charge in [-0.05, 0) is 43.5 Å². The number of aliphatic carboxylic acids is 1. The molecule has 0 saturated heterocycles. The highest BCUT2D eigenvalue weighted by Crippen LogP contribution is 2.38. The number of aryl methyl sites for hydroxylation is 1. The molecule has 1 fully saturated rings. The number of hydrogen-bond donors (Lipinski definition) is 3. The molecule has 28 heavy (non-hydrogen) atoms. The fraction of sp³-hybridized carbons (Fsp3) is 0.421. The van der Waals surface area contributed by atoms with Gasteiger partial charge in [0.15, 0.2) is 5.82 Å². The number of anilines is 1. The van der Waals surface area contributed by atoms with Gasteiger partial charge in [-0.25, -0.2) is 0 Å². The van der Waals surface area contributed by atoms with Crippen LogP contribution in [0.4, 0.5) is 5.69 Å². The predicted molar refractivity (Wildman–Crippen MR) is 98.9 cm³/mol. The van der Waals surface area contributed by atoms with Gasteiger partial charge in [-0.2, -0.15) is 4.98 Å². The topological polar surface area (TPSA) is 134 Å². The van der Waals surface area contributed by atoms with Crippen LogP contribution in [0.5, 0.6) is 0 Å². The molecule has 1 saturated carbocycles. The van der Waals surface area contributed by atoms with Gasteiger partial charge in [-0.1, -0.05) is 5.16 Å². The third-order valence-corrected chi connectivity index (χ3v) is 4.28. The molecule has 3 rings (SSSR count). The van der Waals surface area contributed by atoms with E-state index >= 15 is 0 Å². The summed E-state index contributed by atoms with van der Waals surface area (Å²) in [5.41, 5.74) is 0.979. The minimum Gasteiger partial charge on any atom is -0.481 e. The third kappa shape index (κ3) is 5.90. The summed E-state index contributed by atoms with van der Waals surface area (Å²) in [6.45, 7) is 0.0643. The van der Waals surface area contributed by atoms with Crippen LogP contribution < -0.4 is 10.6 Å². The first-order valence-corrected chi connectivity index (χ1v) is 9.23. The zero-order valence-corrected chi connectivity index (χ0v) is 15.3. The predicted octanol–water partition coefficient (Wildman–Crippen LogP) is 2.11. The molecular formula is C19H22N4O5. The number of aromatic nitrogens is 2.